The quantitative estimate of drug-likeness (QED) is 0.334. The molecule has 2 aromatic rings. The van der Waals surface area contributed by atoms with Gasteiger partial charge in [0.05, 0.1) is 6.54 Å². The van der Waals surface area contributed by atoms with Crippen LogP contribution in [0.5, 0.6) is 0 Å². The van der Waals surface area contributed by atoms with Crippen molar-refractivity contribution in [3.63, 3.8) is 0 Å². The number of aryl methyl sites for hydroxylation is 1. The first-order chi connectivity index (χ1) is 14.6. The summed E-state index contributed by atoms with van der Waals surface area (Å²) in [6, 6.07) is 8.08. The Balaban J connectivity index is 1.43. The molecule has 30 heavy (non-hydrogen) atoms. The Morgan fingerprint density at radius 1 is 1.13 bits per heavy atom. The zero-order valence-corrected chi connectivity index (χ0v) is 18.0. The summed E-state index contributed by atoms with van der Waals surface area (Å²) in [5, 5.41) is 9.46. The minimum Gasteiger partial charge on any atom is -0.444 e. The van der Waals surface area contributed by atoms with E-state index in [9.17, 15) is 4.79 Å². The Morgan fingerprint density at radius 2 is 1.87 bits per heavy atom. The van der Waals surface area contributed by atoms with Gasteiger partial charge in [-0.05, 0) is 44.7 Å². The Kier molecular flexibility index (Phi) is 8.30. The summed E-state index contributed by atoms with van der Waals surface area (Å²) in [6.45, 7) is 6.45. The second-order valence-electron chi connectivity index (χ2n) is 7.84. The summed E-state index contributed by atoms with van der Waals surface area (Å²) in [5.74, 6) is 2.02. The maximum Gasteiger partial charge on any atom is 0.226 e. The fourth-order valence-electron chi connectivity index (χ4n) is 3.64. The van der Waals surface area contributed by atoms with Crippen molar-refractivity contribution < 1.29 is 9.21 Å². The van der Waals surface area contributed by atoms with E-state index in [2.05, 4.69) is 32.9 Å². The van der Waals surface area contributed by atoms with Crippen LogP contribution in [0.1, 0.15) is 50.3 Å². The number of carbonyl (C=O) groups is 1. The summed E-state index contributed by atoms with van der Waals surface area (Å²) in [5.41, 5.74) is 2.92. The van der Waals surface area contributed by atoms with Gasteiger partial charge in [0.1, 0.15) is 12.0 Å². The number of carbonyl (C=O) groups excluding carboxylic acids is 1. The van der Waals surface area contributed by atoms with Gasteiger partial charge in [-0.25, -0.2) is 9.98 Å². The van der Waals surface area contributed by atoms with Crippen LogP contribution in [0.4, 0.5) is 0 Å². The van der Waals surface area contributed by atoms with Crippen molar-refractivity contribution >= 4 is 11.9 Å². The van der Waals surface area contributed by atoms with Crippen molar-refractivity contribution in [1.29, 1.82) is 0 Å². The lowest BCUT2D eigenvalue weighted by atomic mass is 10.0. The first-order valence-corrected chi connectivity index (χ1v) is 10.9. The van der Waals surface area contributed by atoms with E-state index in [0.717, 1.165) is 17.8 Å². The highest BCUT2D eigenvalue weighted by Crippen LogP contribution is 2.27. The van der Waals surface area contributed by atoms with E-state index in [1.807, 2.05) is 31.2 Å². The van der Waals surface area contributed by atoms with Crippen molar-refractivity contribution in [2.24, 2.45) is 10.9 Å². The molecule has 0 atom stereocenters. The topological polar surface area (TPSA) is 91.6 Å². The van der Waals surface area contributed by atoms with Gasteiger partial charge in [-0.15, -0.1) is 0 Å². The monoisotopic (exact) mass is 411 g/mol. The lowest BCUT2D eigenvalue weighted by Crippen LogP contribution is -2.41. The van der Waals surface area contributed by atoms with Gasteiger partial charge in [0.2, 0.25) is 11.8 Å². The lowest BCUT2D eigenvalue weighted by Gasteiger charge is -2.12. The molecule has 1 aliphatic carbocycles. The zero-order valence-electron chi connectivity index (χ0n) is 18.0. The van der Waals surface area contributed by atoms with Crippen molar-refractivity contribution in [2.75, 3.05) is 19.6 Å². The van der Waals surface area contributed by atoms with Crippen molar-refractivity contribution in [2.45, 2.75) is 52.5 Å². The molecule has 1 aromatic carbocycles. The third-order valence-electron chi connectivity index (χ3n) is 5.28. The predicted octanol–water partition coefficient (Wildman–Crippen LogP) is 3.40. The van der Waals surface area contributed by atoms with Crippen molar-refractivity contribution in [3.05, 3.63) is 41.8 Å². The molecule has 1 amide bonds. The number of aliphatic imine (C=N–C) groups is 1. The second kappa shape index (κ2) is 11.4. The van der Waals surface area contributed by atoms with Crippen molar-refractivity contribution in [1.82, 2.24) is 20.9 Å². The maximum absolute atomic E-state index is 12.0. The highest BCUT2D eigenvalue weighted by Gasteiger charge is 2.17. The molecule has 0 aliphatic heterocycles. The Morgan fingerprint density at radius 3 is 2.60 bits per heavy atom. The molecule has 1 heterocycles. The van der Waals surface area contributed by atoms with Crippen LogP contribution < -0.4 is 16.0 Å². The van der Waals surface area contributed by atoms with Gasteiger partial charge in [-0.3, -0.25) is 4.79 Å². The van der Waals surface area contributed by atoms with Crippen LogP contribution >= 0.6 is 0 Å². The summed E-state index contributed by atoms with van der Waals surface area (Å²) < 4.78 is 5.59. The highest BCUT2D eigenvalue weighted by atomic mass is 16.3. The highest BCUT2D eigenvalue weighted by molar-refractivity contribution is 5.80. The number of hydrogen-bond acceptors (Lipinski definition) is 4. The molecule has 1 aromatic heterocycles. The SMILES string of the molecule is CCNC(=NCc1coc(-c2ccc(C)cc2)n1)NCCNC(=O)CC1CCCC1. The fraction of sp³-hybridized carbons (Fsp3) is 0.522. The van der Waals surface area contributed by atoms with Gasteiger partial charge in [0.15, 0.2) is 5.96 Å². The average Bonchev–Trinajstić information content (AvgIpc) is 3.42. The van der Waals surface area contributed by atoms with Gasteiger partial charge < -0.3 is 20.4 Å². The minimum atomic E-state index is 0.150. The van der Waals surface area contributed by atoms with Crippen LogP contribution in [0, 0.1) is 12.8 Å². The zero-order chi connectivity index (χ0) is 21.2. The number of nitrogens with zero attached hydrogens (tertiary/aromatic N) is 2. The molecule has 162 valence electrons. The minimum absolute atomic E-state index is 0.150. The van der Waals surface area contributed by atoms with Gasteiger partial charge in [-0.2, -0.15) is 0 Å². The number of benzene rings is 1. The standard InChI is InChI=1S/C23H33N5O2/c1-3-24-23(26-13-12-25-21(29)14-18-6-4-5-7-18)27-15-20-16-30-22(28-20)19-10-8-17(2)9-11-19/h8-11,16,18H,3-7,12-15H2,1-2H3,(H,25,29)(H2,24,26,27). The first-order valence-electron chi connectivity index (χ1n) is 10.9. The molecular weight excluding hydrogens is 378 g/mol. The van der Waals surface area contributed by atoms with Crippen LogP contribution in [0.3, 0.4) is 0 Å². The molecule has 1 fully saturated rings. The molecule has 7 nitrogen and oxygen atoms in total. The van der Waals surface area contributed by atoms with Gasteiger partial charge in [0.25, 0.3) is 0 Å². The normalized spacial score (nSPS) is 14.7. The van der Waals surface area contributed by atoms with E-state index < -0.39 is 0 Å². The summed E-state index contributed by atoms with van der Waals surface area (Å²) >= 11 is 0. The van der Waals surface area contributed by atoms with Crippen molar-refractivity contribution in [3.8, 4) is 11.5 Å². The number of amides is 1. The molecule has 0 bridgehead atoms. The largest absolute Gasteiger partial charge is 0.444 e. The van der Waals surface area contributed by atoms with E-state index in [4.69, 9.17) is 4.42 Å². The summed E-state index contributed by atoms with van der Waals surface area (Å²) in [7, 11) is 0. The Labute approximate surface area is 178 Å². The van der Waals surface area contributed by atoms with Crippen LogP contribution in [-0.4, -0.2) is 36.5 Å². The number of hydrogen-bond donors (Lipinski definition) is 3. The van der Waals surface area contributed by atoms with Gasteiger partial charge >= 0.3 is 0 Å². The summed E-state index contributed by atoms with van der Waals surface area (Å²) in [4.78, 5) is 21.1. The van der Waals surface area contributed by atoms with E-state index in [1.165, 1.54) is 31.2 Å². The Bertz CT molecular complexity index is 822. The first kappa shape index (κ1) is 21.9. The van der Waals surface area contributed by atoms with Crippen LogP contribution in [0.25, 0.3) is 11.5 Å². The number of rotatable bonds is 9. The Hall–Kier alpha value is -2.83. The molecule has 0 unspecified atom stereocenters. The van der Waals surface area contributed by atoms with Gasteiger partial charge in [0, 0.05) is 31.6 Å². The van der Waals surface area contributed by atoms with E-state index in [0.29, 0.717) is 43.8 Å². The summed E-state index contributed by atoms with van der Waals surface area (Å²) in [6.07, 6.45) is 7.21. The number of aromatic nitrogens is 1. The maximum atomic E-state index is 12.0. The third kappa shape index (κ3) is 6.90. The smallest absolute Gasteiger partial charge is 0.226 e. The number of nitrogens with one attached hydrogen (secondary N) is 3. The van der Waals surface area contributed by atoms with Crippen LogP contribution in [0.15, 0.2) is 39.9 Å². The van der Waals surface area contributed by atoms with E-state index >= 15 is 0 Å². The number of oxazole rings is 1. The molecule has 3 N–H and O–H groups in total. The van der Waals surface area contributed by atoms with Gasteiger partial charge in [-0.1, -0.05) is 30.5 Å². The molecule has 3 rings (SSSR count). The molecule has 0 saturated heterocycles. The average molecular weight is 412 g/mol. The fourth-order valence-corrected chi connectivity index (χ4v) is 3.64. The second-order valence-corrected chi connectivity index (χ2v) is 7.84. The number of guanidine groups is 1. The molecular formula is C23H33N5O2. The van der Waals surface area contributed by atoms with E-state index in [1.54, 1.807) is 6.26 Å². The van der Waals surface area contributed by atoms with Crippen LogP contribution in [0.2, 0.25) is 0 Å². The molecule has 1 aliphatic rings. The third-order valence-corrected chi connectivity index (χ3v) is 5.28. The molecule has 0 spiro atoms. The molecule has 0 radical (unpaired) electrons. The lowest BCUT2D eigenvalue weighted by molar-refractivity contribution is -0.121. The molecule has 1 saturated carbocycles. The predicted molar refractivity (Wildman–Crippen MR) is 119 cm³/mol. The molecule has 7 heteroatoms. The van der Waals surface area contributed by atoms with Crippen LogP contribution in [-0.2, 0) is 11.3 Å². The van der Waals surface area contributed by atoms with E-state index in [-0.39, 0.29) is 5.91 Å².